The Hall–Kier alpha value is -2.83. The van der Waals surface area contributed by atoms with Crippen LogP contribution in [0, 0.1) is 47.3 Å². The maximum absolute atomic E-state index is 12.3. The molecule has 3 nitrogen and oxygen atoms in total. The quantitative estimate of drug-likeness (QED) is 0.433. The molecule has 2 saturated carbocycles. The molecule has 0 aromatic heterocycles. The Kier molecular flexibility index (Phi) is 6.11. The zero-order valence-corrected chi connectivity index (χ0v) is 23.3. The van der Waals surface area contributed by atoms with Crippen molar-refractivity contribution in [1.29, 1.82) is 0 Å². The molecule has 5 aliphatic rings. The number of hydrogen-bond acceptors (Lipinski definition) is 3. The minimum Gasteiger partial charge on any atom is -0.458 e. The molecule has 5 aliphatic carbocycles. The van der Waals surface area contributed by atoms with Gasteiger partial charge in [0.15, 0.2) is 5.78 Å². The van der Waals surface area contributed by atoms with Crippen LogP contribution < -0.4 is 4.74 Å². The minimum absolute atomic E-state index is 0.0962. The van der Waals surface area contributed by atoms with E-state index in [-0.39, 0.29) is 22.5 Å². The van der Waals surface area contributed by atoms with Gasteiger partial charge in [0.1, 0.15) is 17.1 Å². The molecular weight excluding hydrogens is 468 g/mol. The van der Waals surface area contributed by atoms with Crippen LogP contribution in [0.1, 0.15) is 77.7 Å². The summed E-state index contributed by atoms with van der Waals surface area (Å²) in [5.74, 6) is 9.55. The zero-order chi connectivity index (χ0) is 26.7. The Bertz CT molecular complexity index is 1360. The molecule has 0 saturated heterocycles. The first-order valence-corrected chi connectivity index (χ1v) is 14.4. The van der Waals surface area contributed by atoms with Gasteiger partial charge in [-0.1, -0.05) is 43.5 Å². The molecule has 0 bridgehead atoms. The lowest BCUT2D eigenvalue weighted by Crippen LogP contribution is -2.53. The van der Waals surface area contributed by atoms with Gasteiger partial charge in [-0.15, -0.1) is 5.92 Å². The van der Waals surface area contributed by atoms with Crippen molar-refractivity contribution < 1.29 is 14.6 Å². The van der Waals surface area contributed by atoms with Crippen LogP contribution in [0.15, 0.2) is 71.0 Å². The molecule has 0 radical (unpaired) electrons. The molecule has 6 rings (SSSR count). The van der Waals surface area contributed by atoms with E-state index in [9.17, 15) is 9.90 Å². The van der Waals surface area contributed by atoms with Gasteiger partial charge < -0.3 is 9.84 Å². The van der Waals surface area contributed by atoms with Gasteiger partial charge in [0.05, 0.1) is 0 Å². The monoisotopic (exact) mass is 508 g/mol. The molecule has 1 aromatic rings. The number of ether oxygens (including phenoxy) is 1. The summed E-state index contributed by atoms with van der Waals surface area (Å²) in [4.78, 5) is 12.3. The summed E-state index contributed by atoms with van der Waals surface area (Å²) in [5.41, 5.74) is 4.23. The summed E-state index contributed by atoms with van der Waals surface area (Å²) in [5, 5.41) is 11.9. The molecule has 1 N–H and O–H groups in total. The largest absolute Gasteiger partial charge is 0.458 e. The second-order valence-corrected chi connectivity index (χ2v) is 12.8. The number of fused-ring (bicyclic) bond motifs is 4. The van der Waals surface area contributed by atoms with Gasteiger partial charge >= 0.3 is 0 Å². The first kappa shape index (κ1) is 25.4. The summed E-state index contributed by atoms with van der Waals surface area (Å²) >= 11 is 0. The molecule has 6 atom stereocenters. The number of carbonyl (C=O) groups is 1. The molecule has 0 amide bonds. The predicted molar refractivity (Wildman–Crippen MR) is 151 cm³/mol. The number of rotatable bonds is 3. The van der Waals surface area contributed by atoms with Crippen LogP contribution in [0.3, 0.4) is 0 Å². The smallest absolute Gasteiger partial charge is 0.156 e. The van der Waals surface area contributed by atoms with E-state index in [4.69, 9.17) is 4.74 Å². The first-order chi connectivity index (χ1) is 18.2. The topological polar surface area (TPSA) is 46.5 Å². The molecule has 1 aromatic carbocycles. The van der Waals surface area contributed by atoms with Crippen molar-refractivity contribution in [2.45, 2.75) is 84.7 Å². The molecule has 0 heterocycles. The maximum Gasteiger partial charge on any atom is 0.156 e. The van der Waals surface area contributed by atoms with Crippen molar-refractivity contribution in [2.75, 3.05) is 0 Å². The highest BCUT2D eigenvalue weighted by Gasteiger charge is 2.64. The van der Waals surface area contributed by atoms with Crippen molar-refractivity contribution in [3.63, 3.8) is 0 Å². The highest BCUT2D eigenvalue weighted by atomic mass is 16.5. The molecule has 1 unspecified atom stereocenters. The number of carbonyl (C=O) groups excluding carboxylic acids is 1. The first-order valence-electron chi connectivity index (χ1n) is 14.4. The number of hydrogen-bond donors (Lipinski definition) is 1. The fourth-order valence-electron chi connectivity index (χ4n) is 8.55. The van der Waals surface area contributed by atoms with E-state index in [1.165, 1.54) is 16.7 Å². The van der Waals surface area contributed by atoms with Gasteiger partial charge in [0, 0.05) is 11.8 Å². The van der Waals surface area contributed by atoms with Crippen LogP contribution in [0.25, 0.3) is 0 Å². The van der Waals surface area contributed by atoms with Crippen molar-refractivity contribution in [2.24, 2.45) is 28.6 Å². The van der Waals surface area contributed by atoms with E-state index in [0.717, 1.165) is 56.5 Å². The van der Waals surface area contributed by atoms with E-state index >= 15 is 0 Å². The number of aliphatic hydroxyl groups is 1. The Balaban J connectivity index is 1.40. The zero-order valence-electron chi connectivity index (χ0n) is 23.3. The predicted octanol–water partition coefficient (Wildman–Crippen LogP) is 7.41. The lowest BCUT2D eigenvalue weighted by molar-refractivity contribution is -0.114. The normalized spacial score (nSPS) is 37.8. The Morgan fingerprint density at radius 1 is 1.13 bits per heavy atom. The fourth-order valence-corrected chi connectivity index (χ4v) is 8.55. The van der Waals surface area contributed by atoms with Gasteiger partial charge in [0.25, 0.3) is 0 Å². The molecule has 0 spiro atoms. The van der Waals surface area contributed by atoms with Crippen molar-refractivity contribution in [3.8, 4) is 17.6 Å². The summed E-state index contributed by atoms with van der Waals surface area (Å²) in [6.07, 6.45) is 15.8. The van der Waals surface area contributed by atoms with Crippen LogP contribution >= 0.6 is 0 Å². The number of benzene rings is 1. The molecular formula is C35H40O3. The maximum atomic E-state index is 12.3. The number of aryl methyl sites for hydroxylation is 1. The van der Waals surface area contributed by atoms with E-state index in [1.54, 1.807) is 5.57 Å². The van der Waals surface area contributed by atoms with Crippen molar-refractivity contribution >= 4 is 5.78 Å². The van der Waals surface area contributed by atoms with Crippen molar-refractivity contribution in [1.82, 2.24) is 0 Å². The van der Waals surface area contributed by atoms with E-state index in [1.807, 2.05) is 25.1 Å². The Morgan fingerprint density at radius 2 is 1.97 bits per heavy atom. The third-order valence-electron chi connectivity index (χ3n) is 10.6. The van der Waals surface area contributed by atoms with Crippen LogP contribution in [-0.2, 0) is 4.79 Å². The minimum atomic E-state index is -0.941. The fraction of sp³-hybridized carbons (Fsp3) is 0.514. The van der Waals surface area contributed by atoms with Gasteiger partial charge in [-0.3, -0.25) is 4.79 Å². The van der Waals surface area contributed by atoms with Gasteiger partial charge in [-0.25, -0.2) is 0 Å². The van der Waals surface area contributed by atoms with E-state index < -0.39 is 5.60 Å². The lowest BCUT2D eigenvalue weighted by atomic mass is 9.47. The molecule has 3 heteroatoms. The van der Waals surface area contributed by atoms with E-state index in [0.29, 0.717) is 18.3 Å². The molecule has 38 heavy (non-hydrogen) atoms. The number of allylic oxidation sites excluding steroid dienone is 7. The lowest BCUT2D eigenvalue weighted by Gasteiger charge is -2.57. The summed E-state index contributed by atoms with van der Waals surface area (Å²) in [7, 11) is 0. The van der Waals surface area contributed by atoms with Gasteiger partial charge in [-0.2, -0.15) is 0 Å². The highest BCUT2D eigenvalue weighted by Crippen LogP contribution is 2.67. The van der Waals surface area contributed by atoms with Crippen molar-refractivity contribution in [3.05, 3.63) is 76.6 Å². The summed E-state index contributed by atoms with van der Waals surface area (Å²) in [6, 6.07) is 8.18. The standard InChI is InChI=1S/C35H40O3/c1-5-16-35(37)19-15-30-29-11-9-24-21-25(36)10-12-28(24)32(29)31(22-34(30,35)4)33(3)17-13-26(14-18-33)38-27-8-6-7-23(2)20-27/h6-8,13-14,17,20-21,29-31,37H,9-12,15,18-19,22H2,1-4H3/t29-,30-,31-,33?,34-,35-/m0/s1. The van der Waals surface area contributed by atoms with Crippen LogP contribution in [-0.4, -0.2) is 16.5 Å². The average Bonchev–Trinajstić information content (AvgIpc) is 3.15. The molecule has 0 aliphatic heterocycles. The van der Waals surface area contributed by atoms with Gasteiger partial charge in [-0.05, 0) is 129 Å². The van der Waals surface area contributed by atoms with E-state index in [2.05, 4.69) is 63.0 Å². The highest BCUT2D eigenvalue weighted by molar-refractivity contribution is 5.93. The molecule has 2 fully saturated rings. The third kappa shape index (κ3) is 3.95. The van der Waals surface area contributed by atoms with Crippen LogP contribution in [0.4, 0.5) is 0 Å². The number of ketones is 1. The SMILES string of the molecule is CC#C[C@]1(O)CC[C@H]2[C@@H]3CCC4=CC(=O)CCC4=C3[C@@H](C3(C)C=CC(Oc4cccc(C)c4)=CC3)C[C@@]21C. The third-order valence-corrected chi connectivity index (χ3v) is 10.6. The molecule has 198 valence electrons. The van der Waals surface area contributed by atoms with Gasteiger partial charge in [0.2, 0.25) is 0 Å². The Labute approximate surface area is 227 Å². The van der Waals surface area contributed by atoms with Crippen LogP contribution in [0.5, 0.6) is 5.75 Å². The Morgan fingerprint density at radius 3 is 2.71 bits per heavy atom. The summed E-state index contributed by atoms with van der Waals surface area (Å²) in [6.45, 7) is 8.63. The second-order valence-electron chi connectivity index (χ2n) is 12.8. The average molecular weight is 509 g/mol. The second kappa shape index (κ2) is 9.13. The van der Waals surface area contributed by atoms with Crippen LogP contribution in [0.2, 0.25) is 0 Å². The summed E-state index contributed by atoms with van der Waals surface area (Å²) < 4.78 is 6.23.